The number of fused-ring (bicyclic) bond motifs is 1. The molecule has 0 aliphatic rings. The van der Waals surface area contributed by atoms with Gasteiger partial charge in [-0.05, 0) is 54.2 Å². The zero-order chi connectivity index (χ0) is 21.4. The molecule has 0 aliphatic carbocycles. The van der Waals surface area contributed by atoms with Crippen LogP contribution in [0.4, 0.5) is 4.39 Å². The van der Waals surface area contributed by atoms with Crippen molar-refractivity contribution in [3.8, 4) is 11.4 Å². The summed E-state index contributed by atoms with van der Waals surface area (Å²) in [6.07, 6.45) is 0. The van der Waals surface area contributed by atoms with E-state index in [-0.39, 0.29) is 11.3 Å². The smallest absolute Gasteiger partial charge is 0.273 e. The van der Waals surface area contributed by atoms with E-state index in [4.69, 9.17) is 33.5 Å². The van der Waals surface area contributed by atoms with Gasteiger partial charge in [-0.1, -0.05) is 40.8 Å². The van der Waals surface area contributed by atoms with Gasteiger partial charge in [-0.2, -0.15) is 0 Å². The van der Waals surface area contributed by atoms with Crippen LogP contribution in [0, 0.1) is 9.77 Å². The van der Waals surface area contributed by atoms with Crippen molar-refractivity contribution in [1.82, 2.24) is 14.1 Å². The number of halogens is 2. The summed E-state index contributed by atoms with van der Waals surface area (Å²) < 4.78 is 23.2. The van der Waals surface area contributed by atoms with Crippen molar-refractivity contribution in [2.45, 2.75) is 10.9 Å². The monoisotopic (exact) mass is 479 g/mol. The summed E-state index contributed by atoms with van der Waals surface area (Å²) in [5.74, 6) is 0.205. The average molecular weight is 480 g/mol. The van der Waals surface area contributed by atoms with Crippen molar-refractivity contribution in [2.24, 2.45) is 7.05 Å². The van der Waals surface area contributed by atoms with Crippen LogP contribution < -0.4 is 10.3 Å². The van der Waals surface area contributed by atoms with Crippen LogP contribution in [0.3, 0.4) is 0 Å². The summed E-state index contributed by atoms with van der Waals surface area (Å²) in [4.78, 5) is 17.6. The van der Waals surface area contributed by atoms with Gasteiger partial charge in [-0.15, -0.1) is 0 Å². The lowest BCUT2D eigenvalue weighted by Gasteiger charge is -2.10. The van der Waals surface area contributed by atoms with E-state index in [1.165, 1.54) is 40.8 Å². The van der Waals surface area contributed by atoms with Gasteiger partial charge in [0.25, 0.3) is 5.56 Å². The molecule has 154 valence electrons. The second-order valence-corrected chi connectivity index (χ2v) is 9.37. The highest BCUT2D eigenvalue weighted by atomic mass is 35.5. The van der Waals surface area contributed by atoms with Crippen molar-refractivity contribution >= 4 is 57.3 Å². The zero-order valence-corrected chi connectivity index (χ0v) is 19.1. The van der Waals surface area contributed by atoms with Crippen LogP contribution in [0.1, 0.15) is 5.56 Å². The topological polar surface area (TPSA) is 49.1 Å². The van der Waals surface area contributed by atoms with Crippen molar-refractivity contribution in [3.63, 3.8) is 0 Å². The minimum atomic E-state index is -0.429. The van der Waals surface area contributed by atoms with Crippen LogP contribution in [-0.4, -0.2) is 21.2 Å². The van der Waals surface area contributed by atoms with E-state index < -0.39 is 5.82 Å². The highest BCUT2D eigenvalue weighted by Crippen LogP contribution is 2.28. The number of methoxy groups -OCH3 is 1. The minimum absolute atomic E-state index is 0.174. The lowest BCUT2D eigenvalue weighted by atomic mass is 10.2. The maximum Gasteiger partial charge on any atom is 0.273 e. The largest absolute Gasteiger partial charge is 0.494 e. The Morgan fingerprint density at radius 2 is 2.00 bits per heavy atom. The average Bonchev–Trinajstić information content (AvgIpc) is 3.06. The van der Waals surface area contributed by atoms with E-state index >= 15 is 0 Å². The third-order valence-corrected chi connectivity index (χ3v) is 7.15. The number of aromatic nitrogens is 3. The SMILES string of the molecule is COc1ccc(CSc2nc3c(sc(=S)n3-c3ccc(Cl)cc3)c(=O)n2C)cc1F. The molecule has 0 bridgehead atoms. The molecule has 2 aromatic carbocycles. The number of rotatable bonds is 5. The standard InChI is InChI=1S/C20H15ClFN3O2S3/c1-24-18(26)16-17(25(20(28)30-16)13-6-4-12(21)5-7-13)23-19(24)29-10-11-3-8-15(27-2)14(22)9-11/h3-9H,10H2,1-2H3. The van der Waals surface area contributed by atoms with Gasteiger partial charge in [0.15, 0.2) is 26.3 Å². The van der Waals surface area contributed by atoms with Crippen LogP contribution in [0.25, 0.3) is 16.0 Å². The van der Waals surface area contributed by atoms with Gasteiger partial charge in [0.2, 0.25) is 0 Å². The molecule has 4 aromatic rings. The lowest BCUT2D eigenvalue weighted by molar-refractivity contribution is 0.386. The molecule has 0 spiro atoms. The summed E-state index contributed by atoms with van der Waals surface area (Å²) in [5, 5.41) is 1.12. The number of nitrogens with zero attached hydrogens (tertiary/aromatic N) is 3. The molecule has 0 amide bonds. The fourth-order valence-electron chi connectivity index (χ4n) is 2.91. The predicted molar refractivity (Wildman–Crippen MR) is 123 cm³/mol. The van der Waals surface area contributed by atoms with Gasteiger partial charge in [0.05, 0.1) is 7.11 Å². The van der Waals surface area contributed by atoms with Crippen LogP contribution in [0.2, 0.25) is 5.02 Å². The second-order valence-electron chi connectivity index (χ2n) is 6.35. The van der Waals surface area contributed by atoms with Crippen LogP contribution in [-0.2, 0) is 12.8 Å². The minimum Gasteiger partial charge on any atom is -0.494 e. The molecule has 0 N–H and O–H groups in total. The Morgan fingerprint density at radius 1 is 1.27 bits per heavy atom. The fourth-order valence-corrected chi connectivity index (χ4v) is 5.29. The lowest BCUT2D eigenvalue weighted by Crippen LogP contribution is -2.19. The van der Waals surface area contributed by atoms with Gasteiger partial charge >= 0.3 is 0 Å². The number of hydrogen-bond acceptors (Lipinski definition) is 6. The quantitative estimate of drug-likeness (QED) is 0.211. The first-order valence-corrected chi connectivity index (χ1v) is 11.3. The molecule has 0 saturated carbocycles. The second kappa shape index (κ2) is 8.50. The third kappa shape index (κ3) is 3.90. The zero-order valence-electron chi connectivity index (χ0n) is 15.9. The van der Waals surface area contributed by atoms with Gasteiger partial charge < -0.3 is 4.74 Å². The van der Waals surface area contributed by atoms with E-state index in [2.05, 4.69) is 0 Å². The summed E-state index contributed by atoms with van der Waals surface area (Å²) >= 11 is 14.1. The molecule has 10 heteroatoms. The summed E-state index contributed by atoms with van der Waals surface area (Å²) in [6.45, 7) is 0. The highest BCUT2D eigenvalue weighted by Gasteiger charge is 2.16. The maximum atomic E-state index is 14.0. The molecular formula is C20H15ClFN3O2S3. The van der Waals surface area contributed by atoms with Crippen LogP contribution in [0.15, 0.2) is 52.4 Å². The normalized spacial score (nSPS) is 11.2. The number of hydrogen-bond donors (Lipinski definition) is 0. The summed E-state index contributed by atoms with van der Waals surface area (Å²) in [5.41, 5.74) is 1.86. The molecule has 5 nitrogen and oxygen atoms in total. The van der Waals surface area contributed by atoms with Crippen molar-refractivity contribution in [1.29, 1.82) is 0 Å². The number of thioether (sulfide) groups is 1. The first-order valence-electron chi connectivity index (χ1n) is 8.73. The van der Waals surface area contributed by atoms with Gasteiger partial charge in [0, 0.05) is 23.5 Å². The van der Waals surface area contributed by atoms with Crippen LogP contribution in [0.5, 0.6) is 5.75 Å². The van der Waals surface area contributed by atoms with Gasteiger partial charge in [-0.3, -0.25) is 13.9 Å². The van der Waals surface area contributed by atoms with E-state index in [0.29, 0.717) is 30.2 Å². The fraction of sp³-hybridized carbons (Fsp3) is 0.150. The molecule has 0 aliphatic heterocycles. The first-order chi connectivity index (χ1) is 14.4. The number of ether oxygens (including phenoxy) is 1. The Balaban J connectivity index is 1.75. The van der Waals surface area contributed by atoms with Crippen molar-refractivity contribution in [3.05, 3.63) is 73.2 Å². The Morgan fingerprint density at radius 3 is 2.67 bits per heavy atom. The number of benzene rings is 2. The highest BCUT2D eigenvalue weighted by molar-refractivity contribution is 7.98. The molecule has 4 rings (SSSR count). The molecule has 0 radical (unpaired) electrons. The summed E-state index contributed by atoms with van der Waals surface area (Å²) in [7, 11) is 3.09. The van der Waals surface area contributed by atoms with Gasteiger partial charge in [-0.25, -0.2) is 9.37 Å². The van der Waals surface area contributed by atoms with E-state index in [9.17, 15) is 9.18 Å². The maximum absolute atomic E-state index is 14.0. The molecule has 0 unspecified atom stereocenters. The third-order valence-electron chi connectivity index (χ3n) is 4.44. The van der Waals surface area contributed by atoms with E-state index in [0.717, 1.165) is 11.3 Å². The molecule has 2 aromatic heterocycles. The predicted octanol–water partition coefficient (Wildman–Crippen LogP) is 5.61. The molecule has 2 heterocycles. The number of thiazole rings is 1. The van der Waals surface area contributed by atoms with E-state index in [1.54, 1.807) is 35.9 Å². The van der Waals surface area contributed by atoms with Gasteiger partial charge in [0.1, 0.15) is 4.70 Å². The molecule has 0 atom stereocenters. The Bertz CT molecular complexity index is 1360. The Kier molecular flexibility index (Phi) is 5.97. The molecule has 30 heavy (non-hydrogen) atoms. The summed E-state index contributed by atoms with van der Waals surface area (Å²) in [6, 6.07) is 12.0. The van der Waals surface area contributed by atoms with E-state index in [1.807, 2.05) is 12.1 Å². The molecular weight excluding hydrogens is 465 g/mol. The molecule has 0 saturated heterocycles. The first kappa shape index (κ1) is 21.0. The Hall–Kier alpha value is -2.20. The van der Waals surface area contributed by atoms with Crippen molar-refractivity contribution < 1.29 is 9.13 Å². The van der Waals surface area contributed by atoms with Crippen LogP contribution >= 0.6 is 46.9 Å². The van der Waals surface area contributed by atoms with Crippen molar-refractivity contribution in [2.75, 3.05) is 7.11 Å². The Labute approximate surface area is 189 Å². The molecule has 0 fully saturated rings.